The number of halogens is 1. The Kier molecular flexibility index (Phi) is 4.71. The molecule has 0 fully saturated rings. The zero-order valence-electron chi connectivity index (χ0n) is 13.9. The highest BCUT2D eigenvalue weighted by Gasteiger charge is 2.31. The lowest BCUT2D eigenvalue weighted by molar-refractivity contribution is -0.113. The summed E-state index contributed by atoms with van der Waals surface area (Å²) in [4.78, 5) is 27.2. The molecule has 0 aromatic heterocycles. The molecule has 0 radical (unpaired) electrons. The number of fused-ring (bicyclic) bond motifs is 1. The number of carbonyl (C=O) groups excluding carboxylic acids is 2. The molecule has 0 unspecified atom stereocenters. The monoisotopic (exact) mass is 336 g/mol. The van der Waals surface area contributed by atoms with Crippen LogP contribution in [0, 0.1) is 0 Å². The van der Waals surface area contributed by atoms with E-state index >= 15 is 0 Å². The molecule has 0 saturated carbocycles. The van der Waals surface area contributed by atoms with Crippen molar-refractivity contribution in [3.8, 4) is 0 Å². The predicted octanol–water partition coefficient (Wildman–Crippen LogP) is 3.74. The van der Waals surface area contributed by atoms with E-state index in [1.165, 1.54) is 11.0 Å². The van der Waals surface area contributed by atoms with E-state index in [0.717, 1.165) is 16.8 Å². The van der Waals surface area contributed by atoms with Gasteiger partial charge >= 0.3 is 6.09 Å². The predicted molar refractivity (Wildman–Crippen MR) is 90.5 cm³/mol. The molecule has 0 aliphatic carbocycles. The van der Waals surface area contributed by atoms with Crippen LogP contribution in [0.2, 0.25) is 5.02 Å². The second kappa shape index (κ2) is 6.24. The molecule has 2 rings (SSSR count). The average Bonchev–Trinajstić information content (AvgIpc) is 2.90. The van der Waals surface area contributed by atoms with Crippen LogP contribution in [0.1, 0.15) is 31.9 Å². The lowest BCUT2D eigenvalue weighted by Gasteiger charge is -2.24. The van der Waals surface area contributed by atoms with E-state index in [9.17, 15) is 9.59 Å². The van der Waals surface area contributed by atoms with E-state index in [4.69, 9.17) is 16.3 Å². The Morgan fingerprint density at radius 1 is 1.30 bits per heavy atom. The molecule has 0 atom stereocenters. The maximum Gasteiger partial charge on any atom is 0.410 e. The van der Waals surface area contributed by atoms with Crippen LogP contribution in [0.5, 0.6) is 0 Å². The zero-order valence-corrected chi connectivity index (χ0v) is 14.6. The van der Waals surface area contributed by atoms with Crippen LogP contribution < -0.4 is 4.90 Å². The minimum atomic E-state index is -0.561. The number of amides is 2. The summed E-state index contributed by atoms with van der Waals surface area (Å²) in [6.45, 7) is 9.69. The van der Waals surface area contributed by atoms with Crippen molar-refractivity contribution in [2.24, 2.45) is 0 Å². The fourth-order valence-corrected chi connectivity index (χ4v) is 2.70. The summed E-state index contributed by atoms with van der Waals surface area (Å²) in [6.07, 6.45) is 0.857. The first-order valence-corrected chi connectivity index (χ1v) is 7.70. The van der Waals surface area contributed by atoms with Crippen LogP contribution in [0.25, 0.3) is 0 Å². The van der Waals surface area contributed by atoms with Crippen molar-refractivity contribution in [1.29, 1.82) is 0 Å². The molecular weight excluding hydrogens is 316 g/mol. The van der Waals surface area contributed by atoms with Gasteiger partial charge in [-0.15, -0.1) is 0 Å². The van der Waals surface area contributed by atoms with Crippen molar-refractivity contribution in [1.82, 2.24) is 4.90 Å². The van der Waals surface area contributed by atoms with Crippen LogP contribution >= 0.6 is 11.6 Å². The third kappa shape index (κ3) is 3.67. The number of nitrogens with zero attached hydrogens (tertiary/aromatic N) is 2. The minimum absolute atomic E-state index is 0.217. The number of hydrogen-bond acceptors (Lipinski definition) is 3. The van der Waals surface area contributed by atoms with E-state index in [0.29, 0.717) is 18.1 Å². The van der Waals surface area contributed by atoms with Gasteiger partial charge in [0, 0.05) is 23.3 Å². The number of hydrogen-bond donors (Lipinski definition) is 0. The maximum atomic E-state index is 12.3. The molecule has 1 aromatic rings. The third-order valence-electron chi connectivity index (χ3n) is 3.57. The summed E-state index contributed by atoms with van der Waals surface area (Å²) >= 11 is 6.26. The van der Waals surface area contributed by atoms with E-state index in [1.807, 2.05) is 20.8 Å². The first kappa shape index (κ1) is 17.3. The van der Waals surface area contributed by atoms with Gasteiger partial charge in [-0.2, -0.15) is 0 Å². The van der Waals surface area contributed by atoms with Crippen LogP contribution in [0.4, 0.5) is 10.5 Å². The van der Waals surface area contributed by atoms with Crippen molar-refractivity contribution < 1.29 is 14.3 Å². The standard InChI is InChI=1S/C17H21ClN2O3/c1-6-15(21)19(5)14-8-7-13(18)11-9-20(10-12(11)14)16(22)23-17(2,3)4/h6-8H,1,9-10H2,2-5H3. The van der Waals surface area contributed by atoms with Gasteiger partial charge in [0.2, 0.25) is 5.91 Å². The molecule has 1 aliphatic heterocycles. The second-order valence-corrected chi connectivity index (χ2v) is 6.87. The SMILES string of the molecule is C=CC(=O)N(C)c1ccc(Cl)c2c1CN(C(=O)OC(C)(C)C)C2. The highest BCUT2D eigenvalue weighted by atomic mass is 35.5. The van der Waals surface area contributed by atoms with Gasteiger partial charge in [-0.25, -0.2) is 4.79 Å². The smallest absolute Gasteiger partial charge is 0.410 e. The van der Waals surface area contributed by atoms with Crippen molar-refractivity contribution in [3.05, 3.63) is 40.9 Å². The lowest BCUT2D eigenvalue weighted by Crippen LogP contribution is -2.33. The Morgan fingerprint density at radius 2 is 1.91 bits per heavy atom. The van der Waals surface area contributed by atoms with Gasteiger partial charge in [0.1, 0.15) is 5.60 Å². The number of likely N-dealkylation sites (N-methyl/N-ethyl adjacent to an activating group) is 1. The number of rotatable bonds is 2. The molecule has 1 aromatic carbocycles. The zero-order chi connectivity index (χ0) is 17.4. The summed E-state index contributed by atoms with van der Waals surface area (Å²) in [6, 6.07) is 3.52. The first-order chi connectivity index (χ1) is 10.6. The van der Waals surface area contributed by atoms with Gasteiger partial charge in [0.25, 0.3) is 0 Å². The number of benzene rings is 1. The van der Waals surface area contributed by atoms with Crippen molar-refractivity contribution in [2.45, 2.75) is 39.5 Å². The quantitative estimate of drug-likeness (QED) is 0.773. The maximum absolute atomic E-state index is 12.3. The van der Waals surface area contributed by atoms with E-state index in [-0.39, 0.29) is 5.91 Å². The minimum Gasteiger partial charge on any atom is -0.444 e. The number of ether oxygens (including phenoxy) is 1. The molecule has 0 bridgehead atoms. The fraction of sp³-hybridized carbons (Fsp3) is 0.412. The highest BCUT2D eigenvalue weighted by Crippen LogP contribution is 2.36. The molecule has 0 spiro atoms. The number of carbonyl (C=O) groups is 2. The largest absolute Gasteiger partial charge is 0.444 e. The van der Waals surface area contributed by atoms with Gasteiger partial charge in [-0.3, -0.25) is 9.69 Å². The Balaban J connectivity index is 2.31. The van der Waals surface area contributed by atoms with Gasteiger partial charge in [-0.1, -0.05) is 18.2 Å². The summed E-state index contributed by atoms with van der Waals surface area (Å²) in [7, 11) is 1.67. The molecule has 2 amide bonds. The summed E-state index contributed by atoms with van der Waals surface area (Å²) < 4.78 is 5.41. The number of anilines is 1. The Labute approximate surface area is 141 Å². The van der Waals surface area contributed by atoms with Crippen LogP contribution in [-0.2, 0) is 22.6 Å². The van der Waals surface area contributed by atoms with Gasteiger partial charge in [0.05, 0.1) is 13.1 Å². The van der Waals surface area contributed by atoms with Crippen LogP contribution in [0.3, 0.4) is 0 Å². The average molecular weight is 337 g/mol. The molecular formula is C17H21ClN2O3. The Hall–Kier alpha value is -2.01. The van der Waals surface area contributed by atoms with Crippen molar-refractivity contribution >= 4 is 29.3 Å². The molecule has 0 N–H and O–H groups in total. The highest BCUT2D eigenvalue weighted by molar-refractivity contribution is 6.31. The summed E-state index contributed by atoms with van der Waals surface area (Å²) in [5, 5.41) is 0.578. The molecule has 1 aliphatic rings. The summed E-state index contributed by atoms with van der Waals surface area (Å²) in [5.41, 5.74) is 1.87. The Morgan fingerprint density at radius 3 is 2.48 bits per heavy atom. The molecule has 0 saturated heterocycles. The van der Waals surface area contributed by atoms with Crippen LogP contribution in [0.15, 0.2) is 24.8 Å². The molecule has 5 nitrogen and oxygen atoms in total. The molecule has 1 heterocycles. The lowest BCUT2D eigenvalue weighted by atomic mass is 10.1. The second-order valence-electron chi connectivity index (χ2n) is 6.46. The van der Waals surface area contributed by atoms with Gasteiger partial charge < -0.3 is 9.64 Å². The van der Waals surface area contributed by atoms with Crippen LogP contribution in [-0.4, -0.2) is 29.5 Å². The normalized spacial score (nSPS) is 13.5. The fourth-order valence-electron chi connectivity index (χ4n) is 2.46. The van der Waals surface area contributed by atoms with E-state index in [2.05, 4.69) is 6.58 Å². The summed E-state index contributed by atoms with van der Waals surface area (Å²) in [5.74, 6) is -0.217. The molecule has 6 heteroatoms. The first-order valence-electron chi connectivity index (χ1n) is 7.32. The van der Waals surface area contributed by atoms with Gasteiger partial charge in [-0.05, 0) is 44.5 Å². The molecule has 23 heavy (non-hydrogen) atoms. The topological polar surface area (TPSA) is 49.9 Å². The van der Waals surface area contributed by atoms with E-state index < -0.39 is 11.7 Å². The van der Waals surface area contributed by atoms with E-state index in [1.54, 1.807) is 24.1 Å². The Bertz CT molecular complexity index is 665. The van der Waals surface area contributed by atoms with Crippen molar-refractivity contribution in [3.63, 3.8) is 0 Å². The third-order valence-corrected chi connectivity index (χ3v) is 3.92. The van der Waals surface area contributed by atoms with Crippen molar-refractivity contribution in [2.75, 3.05) is 11.9 Å². The van der Waals surface area contributed by atoms with Gasteiger partial charge in [0.15, 0.2) is 0 Å². The molecule has 124 valence electrons.